The van der Waals surface area contributed by atoms with Crippen LogP contribution in [0.1, 0.15) is 98.3 Å². The second-order valence-electron chi connectivity index (χ2n) is 8.01. The van der Waals surface area contributed by atoms with Crippen molar-refractivity contribution in [3.05, 3.63) is 24.6 Å². The average molecular weight is 379 g/mol. The van der Waals surface area contributed by atoms with E-state index in [0.29, 0.717) is 0 Å². The van der Waals surface area contributed by atoms with Gasteiger partial charge in [-0.1, -0.05) is 70.8 Å². The van der Waals surface area contributed by atoms with Gasteiger partial charge in [0.1, 0.15) is 6.20 Å². The van der Waals surface area contributed by atoms with Gasteiger partial charge in [0.15, 0.2) is 12.3 Å². The third-order valence-electron chi connectivity index (χ3n) is 5.86. The molecule has 0 bridgehead atoms. The summed E-state index contributed by atoms with van der Waals surface area (Å²) in [5, 5.41) is 6.51. The number of allylic oxidation sites excluding steroid dienone is 1. The molecule has 1 rings (SSSR count). The molecule has 4 heteroatoms. The topological polar surface area (TPSA) is 41.1 Å². The summed E-state index contributed by atoms with van der Waals surface area (Å²) in [6, 6.07) is 0. The number of hydrogen-bond donors (Lipinski definition) is 2. The highest BCUT2D eigenvalue weighted by Gasteiger charge is 2.40. The van der Waals surface area contributed by atoms with E-state index in [1.54, 1.807) is 6.92 Å². The van der Waals surface area contributed by atoms with Crippen LogP contribution in [0.3, 0.4) is 0 Å². The largest absolute Gasteiger partial charge is 0.334 e. The molecule has 0 aromatic rings. The zero-order valence-electron chi connectivity index (χ0n) is 18.3. The van der Waals surface area contributed by atoms with Gasteiger partial charge in [0.25, 0.3) is 0 Å². The number of amides is 1. The first-order valence-electron chi connectivity index (χ1n) is 11.3. The fourth-order valence-electron chi connectivity index (χ4n) is 4.06. The van der Waals surface area contributed by atoms with Crippen LogP contribution in [0.4, 0.5) is 0 Å². The Balaban J connectivity index is 2.21. The Morgan fingerprint density at radius 2 is 1.67 bits per heavy atom. The molecule has 0 fully saturated rings. The van der Waals surface area contributed by atoms with Crippen molar-refractivity contribution in [3.8, 4) is 0 Å². The highest BCUT2D eigenvalue weighted by Crippen LogP contribution is 2.23. The smallest absolute Gasteiger partial charge is 0.221 e. The molecule has 0 aliphatic carbocycles. The van der Waals surface area contributed by atoms with E-state index >= 15 is 0 Å². The lowest BCUT2D eigenvalue weighted by Gasteiger charge is -2.40. The van der Waals surface area contributed by atoms with E-state index in [1.165, 1.54) is 64.2 Å². The Bertz CT molecular complexity index is 461. The molecule has 1 heterocycles. The molecule has 0 saturated heterocycles. The van der Waals surface area contributed by atoms with Crippen molar-refractivity contribution in [1.82, 2.24) is 10.6 Å². The van der Waals surface area contributed by atoms with Crippen LogP contribution >= 0.6 is 0 Å². The van der Waals surface area contributed by atoms with Crippen LogP contribution < -0.4 is 10.6 Å². The van der Waals surface area contributed by atoms with Crippen molar-refractivity contribution in [2.24, 2.45) is 0 Å². The minimum Gasteiger partial charge on any atom is -0.334 e. The van der Waals surface area contributed by atoms with E-state index in [4.69, 9.17) is 0 Å². The van der Waals surface area contributed by atoms with Crippen molar-refractivity contribution in [1.29, 1.82) is 0 Å². The summed E-state index contributed by atoms with van der Waals surface area (Å²) >= 11 is 0. The van der Waals surface area contributed by atoms with E-state index < -0.39 is 0 Å². The van der Waals surface area contributed by atoms with Crippen molar-refractivity contribution < 1.29 is 9.28 Å². The molecule has 0 saturated carbocycles. The number of hydrogen-bond acceptors (Lipinski definition) is 2. The number of likely N-dealkylation sites (N-methyl/N-ethyl adjacent to an activating group) is 1. The molecule has 4 nitrogen and oxygen atoms in total. The number of quaternary nitrogens is 1. The van der Waals surface area contributed by atoms with E-state index in [2.05, 4.69) is 49.8 Å². The molecule has 1 amide bonds. The molecule has 0 aromatic carbocycles. The van der Waals surface area contributed by atoms with Crippen LogP contribution in [0.5, 0.6) is 0 Å². The third kappa shape index (κ3) is 8.50. The summed E-state index contributed by atoms with van der Waals surface area (Å²) in [6.07, 6.45) is 24.0. The van der Waals surface area contributed by atoms with Crippen molar-refractivity contribution in [3.63, 3.8) is 0 Å². The van der Waals surface area contributed by atoms with Crippen LogP contribution in [0.15, 0.2) is 24.6 Å². The molecule has 3 unspecified atom stereocenters. The van der Waals surface area contributed by atoms with Gasteiger partial charge in [-0.15, -0.1) is 0 Å². The maximum Gasteiger partial charge on any atom is 0.221 e. The maximum atomic E-state index is 11.5. The van der Waals surface area contributed by atoms with Crippen molar-refractivity contribution in [2.45, 2.75) is 111 Å². The van der Waals surface area contributed by atoms with Gasteiger partial charge < -0.3 is 10.6 Å². The predicted molar refractivity (Wildman–Crippen MR) is 116 cm³/mol. The Hall–Kier alpha value is -1.29. The quantitative estimate of drug-likeness (QED) is 0.222. The van der Waals surface area contributed by atoms with Crippen LogP contribution in [0.25, 0.3) is 0 Å². The summed E-state index contributed by atoms with van der Waals surface area (Å²) in [5.41, 5.74) is 0. The van der Waals surface area contributed by atoms with Gasteiger partial charge in [-0.2, -0.15) is 0 Å². The van der Waals surface area contributed by atoms with Crippen molar-refractivity contribution >= 4 is 5.91 Å². The molecule has 0 radical (unpaired) electrons. The van der Waals surface area contributed by atoms with E-state index in [-0.39, 0.29) is 18.2 Å². The van der Waals surface area contributed by atoms with Gasteiger partial charge in [0.05, 0.1) is 12.7 Å². The monoisotopic (exact) mass is 378 g/mol. The summed E-state index contributed by atoms with van der Waals surface area (Å²) in [6.45, 7) is 9.08. The van der Waals surface area contributed by atoms with Gasteiger partial charge >= 0.3 is 0 Å². The Kier molecular flexibility index (Phi) is 12.2. The van der Waals surface area contributed by atoms with E-state index in [9.17, 15) is 4.79 Å². The Labute approximate surface area is 168 Å². The number of carbonyl (C=O) groups excluding carboxylic acids is 1. The standard InChI is InChI=1S/C23H43N3O/c1-5-7-8-9-10-11-12-13-14-15-16-17-18-23-24-19-20-26(23,6-2)21(3)25-22(4)27/h17-21,23-24H,5-16H2,1-4H3/p+1/b18-17+. The zero-order valence-corrected chi connectivity index (χ0v) is 18.3. The van der Waals surface area contributed by atoms with Gasteiger partial charge in [-0.25, -0.2) is 0 Å². The SMILES string of the molecule is CCCCCCCCCCCC/C=C/C1NC=C[N+]1(CC)C(C)NC(C)=O. The lowest BCUT2D eigenvalue weighted by molar-refractivity contribution is -0.917. The molecule has 1 aliphatic heterocycles. The highest BCUT2D eigenvalue weighted by atomic mass is 16.1. The zero-order chi connectivity index (χ0) is 20.0. The van der Waals surface area contributed by atoms with E-state index in [1.807, 2.05) is 6.20 Å². The normalized spacial score (nSPS) is 22.9. The van der Waals surface area contributed by atoms with Gasteiger partial charge in [-0.3, -0.25) is 9.28 Å². The van der Waals surface area contributed by atoms with Crippen LogP contribution in [-0.4, -0.2) is 29.3 Å². The maximum absolute atomic E-state index is 11.5. The molecule has 3 atom stereocenters. The average Bonchev–Trinajstić information content (AvgIpc) is 3.06. The number of unbranched alkanes of at least 4 members (excludes halogenated alkanes) is 10. The first kappa shape index (κ1) is 23.7. The van der Waals surface area contributed by atoms with Crippen LogP contribution in [0, 0.1) is 0 Å². The molecular formula is C23H44N3O+. The molecular weight excluding hydrogens is 334 g/mol. The Morgan fingerprint density at radius 1 is 1.07 bits per heavy atom. The second kappa shape index (κ2) is 13.8. The third-order valence-corrected chi connectivity index (χ3v) is 5.86. The second-order valence-corrected chi connectivity index (χ2v) is 8.01. The van der Waals surface area contributed by atoms with Gasteiger partial charge in [-0.05, 0) is 25.8 Å². The minimum absolute atomic E-state index is 0.0295. The van der Waals surface area contributed by atoms with Crippen LogP contribution in [0.2, 0.25) is 0 Å². The number of nitrogens with zero attached hydrogens (tertiary/aromatic N) is 1. The van der Waals surface area contributed by atoms with Gasteiger partial charge in [0, 0.05) is 13.8 Å². The molecule has 156 valence electrons. The number of nitrogens with one attached hydrogen (secondary N) is 2. The number of carbonyl (C=O) groups is 1. The predicted octanol–water partition coefficient (Wildman–Crippen LogP) is 5.57. The lowest BCUT2D eigenvalue weighted by Crippen LogP contribution is -2.62. The Morgan fingerprint density at radius 3 is 2.22 bits per heavy atom. The highest BCUT2D eigenvalue weighted by molar-refractivity contribution is 5.72. The summed E-state index contributed by atoms with van der Waals surface area (Å²) < 4.78 is 0.730. The number of rotatable bonds is 15. The molecule has 1 aliphatic rings. The minimum atomic E-state index is 0.0295. The first-order chi connectivity index (χ1) is 13.1. The molecule has 27 heavy (non-hydrogen) atoms. The summed E-state index contributed by atoms with van der Waals surface area (Å²) in [4.78, 5) is 11.5. The fourth-order valence-corrected chi connectivity index (χ4v) is 4.06. The van der Waals surface area contributed by atoms with Crippen molar-refractivity contribution in [2.75, 3.05) is 6.54 Å². The lowest BCUT2D eigenvalue weighted by atomic mass is 10.1. The van der Waals surface area contributed by atoms with Gasteiger partial charge in [0.2, 0.25) is 5.91 Å². The van der Waals surface area contributed by atoms with Crippen LogP contribution in [-0.2, 0) is 4.79 Å². The summed E-state index contributed by atoms with van der Waals surface area (Å²) in [5.74, 6) is 0.0295. The fraction of sp³-hybridized carbons (Fsp3) is 0.783. The molecule has 0 spiro atoms. The molecule has 2 N–H and O–H groups in total. The van der Waals surface area contributed by atoms with E-state index in [0.717, 1.165) is 17.4 Å². The molecule has 0 aromatic heterocycles. The summed E-state index contributed by atoms with van der Waals surface area (Å²) in [7, 11) is 0. The first-order valence-corrected chi connectivity index (χ1v) is 11.3.